The Hall–Kier alpha value is -0.420. The standard InChI is InChI=1S/C12H18NP/c1-14(11-7-3-2-4-8-11)12-9-5-6-10-13-12/h5-6,9-11H,2-4,7-8H2,1H3. The lowest BCUT2D eigenvalue weighted by atomic mass is 10.0. The molecule has 1 aliphatic rings. The van der Waals surface area contributed by atoms with Crippen molar-refractivity contribution in [3.63, 3.8) is 0 Å². The van der Waals surface area contributed by atoms with E-state index < -0.39 is 0 Å². The van der Waals surface area contributed by atoms with Crippen molar-refractivity contribution in [2.75, 3.05) is 6.66 Å². The predicted octanol–water partition coefficient (Wildman–Crippen LogP) is 3.15. The predicted molar refractivity (Wildman–Crippen MR) is 63.6 cm³/mol. The third-order valence-electron chi connectivity index (χ3n) is 3.13. The van der Waals surface area contributed by atoms with Crippen LogP contribution in [0, 0.1) is 0 Å². The summed E-state index contributed by atoms with van der Waals surface area (Å²) in [5.41, 5.74) is 2.28. The average molecular weight is 207 g/mol. The molecule has 0 N–H and O–H groups in total. The molecule has 1 saturated carbocycles. The van der Waals surface area contributed by atoms with Crippen LogP contribution in [0.1, 0.15) is 32.1 Å². The van der Waals surface area contributed by atoms with Gasteiger partial charge in [-0.3, -0.25) is 4.98 Å². The van der Waals surface area contributed by atoms with Gasteiger partial charge in [0.15, 0.2) is 0 Å². The van der Waals surface area contributed by atoms with Gasteiger partial charge in [-0.05, 0) is 37.3 Å². The maximum atomic E-state index is 4.48. The molecule has 1 aromatic heterocycles. The molecular formula is C12H18NP. The molecule has 76 valence electrons. The van der Waals surface area contributed by atoms with Crippen LogP contribution in [0.25, 0.3) is 0 Å². The summed E-state index contributed by atoms with van der Waals surface area (Å²) in [6.07, 6.45) is 9.10. The lowest BCUT2D eigenvalue weighted by molar-refractivity contribution is 0.512. The molecule has 0 radical (unpaired) electrons. The van der Waals surface area contributed by atoms with Crippen LogP contribution in [0.4, 0.5) is 0 Å². The van der Waals surface area contributed by atoms with E-state index in [1.807, 2.05) is 12.3 Å². The summed E-state index contributed by atoms with van der Waals surface area (Å²) in [6, 6.07) is 6.32. The monoisotopic (exact) mass is 207 g/mol. The molecule has 0 bridgehead atoms. The highest BCUT2D eigenvalue weighted by molar-refractivity contribution is 7.65. The maximum absolute atomic E-state index is 4.48. The molecule has 0 amide bonds. The van der Waals surface area contributed by atoms with Crippen molar-refractivity contribution in [3.05, 3.63) is 24.4 Å². The zero-order valence-electron chi connectivity index (χ0n) is 8.82. The highest BCUT2D eigenvalue weighted by Crippen LogP contribution is 2.43. The van der Waals surface area contributed by atoms with E-state index in [0.29, 0.717) is 0 Å². The number of pyridine rings is 1. The second-order valence-corrected chi connectivity index (χ2v) is 6.50. The first-order valence-corrected chi connectivity index (χ1v) is 7.37. The fourth-order valence-corrected chi connectivity index (χ4v) is 4.30. The Kier molecular flexibility index (Phi) is 3.53. The van der Waals surface area contributed by atoms with Crippen LogP contribution in [0.2, 0.25) is 0 Å². The Bertz CT molecular complexity index is 267. The average Bonchev–Trinajstić information content (AvgIpc) is 2.30. The molecule has 1 aliphatic carbocycles. The maximum Gasteiger partial charge on any atom is 0.0630 e. The molecule has 0 spiro atoms. The Balaban J connectivity index is 2.03. The van der Waals surface area contributed by atoms with E-state index in [9.17, 15) is 0 Å². The normalized spacial score (nSPS) is 20.6. The molecule has 1 atom stereocenters. The van der Waals surface area contributed by atoms with Crippen LogP contribution in [0.5, 0.6) is 0 Å². The van der Waals surface area contributed by atoms with Crippen LogP contribution in [-0.2, 0) is 0 Å². The van der Waals surface area contributed by atoms with Gasteiger partial charge in [0.05, 0.1) is 5.44 Å². The van der Waals surface area contributed by atoms with Gasteiger partial charge in [0, 0.05) is 6.20 Å². The Morgan fingerprint density at radius 3 is 2.64 bits per heavy atom. The first-order chi connectivity index (χ1) is 6.88. The zero-order chi connectivity index (χ0) is 9.80. The molecule has 14 heavy (non-hydrogen) atoms. The largest absolute Gasteiger partial charge is 0.257 e. The van der Waals surface area contributed by atoms with Crippen molar-refractivity contribution in [1.29, 1.82) is 0 Å². The van der Waals surface area contributed by atoms with E-state index in [2.05, 4.69) is 23.8 Å². The van der Waals surface area contributed by atoms with Gasteiger partial charge in [0.25, 0.3) is 0 Å². The van der Waals surface area contributed by atoms with E-state index in [1.165, 1.54) is 37.5 Å². The summed E-state index contributed by atoms with van der Waals surface area (Å²) >= 11 is 0. The number of hydrogen-bond donors (Lipinski definition) is 0. The van der Waals surface area contributed by atoms with E-state index in [0.717, 1.165) is 5.66 Å². The van der Waals surface area contributed by atoms with Gasteiger partial charge in [0.1, 0.15) is 0 Å². The fraction of sp³-hybridized carbons (Fsp3) is 0.583. The van der Waals surface area contributed by atoms with Crippen LogP contribution < -0.4 is 5.44 Å². The molecule has 0 aromatic carbocycles. The summed E-state index contributed by atoms with van der Waals surface area (Å²) in [6.45, 7) is 2.40. The summed E-state index contributed by atoms with van der Waals surface area (Å²) < 4.78 is 0. The van der Waals surface area contributed by atoms with E-state index in [-0.39, 0.29) is 7.92 Å². The third-order valence-corrected chi connectivity index (χ3v) is 5.73. The van der Waals surface area contributed by atoms with E-state index >= 15 is 0 Å². The van der Waals surface area contributed by atoms with Crippen LogP contribution in [0.15, 0.2) is 24.4 Å². The van der Waals surface area contributed by atoms with Crippen molar-refractivity contribution in [3.8, 4) is 0 Å². The topological polar surface area (TPSA) is 12.9 Å². The van der Waals surface area contributed by atoms with Gasteiger partial charge < -0.3 is 0 Å². The lowest BCUT2D eigenvalue weighted by Crippen LogP contribution is -2.17. The minimum atomic E-state index is -0.00495. The molecular weight excluding hydrogens is 189 g/mol. The molecule has 1 unspecified atom stereocenters. The zero-order valence-corrected chi connectivity index (χ0v) is 9.71. The molecule has 1 heterocycles. The van der Waals surface area contributed by atoms with Crippen molar-refractivity contribution >= 4 is 13.4 Å². The quantitative estimate of drug-likeness (QED) is 0.679. The molecule has 1 nitrogen and oxygen atoms in total. The SMILES string of the molecule is CP(c1ccccn1)C1CCCCC1. The highest BCUT2D eigenvalue weighted by Gasteiger charge is 2.21. The lowest BCUT2D eigenvalue weighted by Gasteiger charge is -2.27. The van der Waals surface area contributed by atoms with Crippen LogP contribution in [-0.4, -0.2) is 17.3 Å². The molecule has 2 heteroatoms. The van der Waals surface area contributed by atoms with Gasteiger partial charge in [-0.25, -0.2) is 0 Å². The molecule has 0 aliphatic heterocycles. The summed E-state index contributed by atoms with van der Waals surface area (Å²) in [5, 5.41) is 0. The van der Waals surface area contributed by atoms with Gasteiger partial charge >= 0.3 is 0 Å². The van der Waals surface area contributed by atoms with E-state index in [1.54, 1.807) is 0 Å². The second kappa shape index (κ2) is 4.89. The second-order valence-electron chi connectivity index (χ2n) is 4.09. The minimum absolute atomic E-state index is 0.00495. The van der Waals surface area contributed by atoms with Crippen molar-refractivity contribution in [1.82, 2.24) is 4.98 Å². The van der Waals surface area contributed by atoms with E-state index in [4.69, 9.17) is 0 Å². The number of aromatic nitrogens is 1. The number of nitrogens with zero attached hydrogens (tertiary/aromatic N) is 1. The van der Waals surface area contributed by atoms with Gasteiger partial charge in [0.2, 0.25) is 0 Å². The summed E-state index contributed by atoms with van der Waals surface area (Å²) in [5.74, 6) is 0. The Labute approximate surface area is 87.7 Å². The number of hydrogen-bond acceptors (Lipinski definition) is 1. The summed E-state index contributed by atoms with van der Waals surface area (Å²) in [4.78, 5) is 4.48. The Morgan fingerprint density at radius 2 is 2.00 bits per heavy atom. The number of rotatable bonds is 2. The van der Waals surface area contributed by atoms with Gasteiger partial charge in [-0.2, -0.15) is 0 Å². The summed E-state index contributed by atoms with van der Waals surface area (Å²) in [7, 11) is -0.00495. The fourth-order valence-electron chi connectivity index (χ4n) is 2.22. The first-order valence-electron chi connectivity index (χ1n) is 5.52. The third kappa shape index (κ3) is 2.33. The van der Waals surface area contributed by atoms with Crippen LogP contribution in [0.3, 0.4) is 0 Å². The minimum Gasteiger partial charge on any atom is -0.257 e. The van der Waals surface area contributed by atoms with Crippen molar-refractivity contribution < 1.29 is 0 Å². The Morgan fingerprint density at radius 1 is 1.21 bits per heavy atom. The first kappa shape index (κ1) is 10.1. The molecule has 0 saturated heterocycles. The molecule has 2 rings (SSSR count). The van der Waals surface area contributed by atoms with Gasteiger partial charge in [-0.1, -0.05) is 33.3 Å². The van der Waals surface area contributed by atoms with Crippen molar-refractivity contribution in [2.24, 2.45) is 0 Å². The van der Waals surface area contributed by atoms with Gasteiger partial charge in [-0.15, -0.1) is 0 Å². The van der Waals surface area contributed by atoms with Crippen LogP contribution >= 0.6 is 7.92 Å². The molecule has 1 aromatic rings. The highest BCUT2D eigenvalue weighted by atomic mass is 31.1. The smallest absolute Gasteiger partial charge is 0.0630 e. The molecule has 1 fully saturated rings. The van der Waals surface area contributed by atoms with Crippen molar-refractivity contribution in [2.45, 2.75) is 37.8 Å².